The molecule has 1 aromatic carbocycles. The molecule has 0 bridgehead atoms. The minimum atomic E-state index is -0.0688. The number of fused-ring (bicyclic) bond motifs is 1. The van der Waals surface area contributed by atoms with E-state index in [1.165, 1.54) is 0 Å². The van der Waals surface area contributed by atoms with Gasteiger partial charge >= 0.3 is 0 Å². The Morgan fingerprint density at radius 1 is 1.16 bits per heavy atom. The van der Waals surface area contributed by atoms with Gasteiger partial charge in [-0.15, -0.1) is 0 Å². The van der Waals surface area contributed by atoms with E-state index in [2.05, 4.69) is 19.9 Å². The summed E-state index contributed by atoms with van der Waals surface area (Å²) in [5.74, 6) is 0.596. The fraction of sp³-hybridized carbons (Fsp3) is 0.211. The van der Waals surface area contributed by atoms with E-state index >= 15 is 0 Å². The smallest absolute Gasteiger partial charge is 0.255 e. The highest BCUT2D eigenvalue weighted by atomic mass is 35.5. The third kappa shape index (κ3) is 3.48. The fourth-order valence-electron chi connectivity index (χ4n) is 3.08. The topological polar surface area (TPSA) is 61.9 Å². The van der Waals surface area contributed by atoms with Crippen molar-refractivity contribution in [2.75, 3.05) is 6.54 Å². The van der Waals surface area contributed by atoms with Crippen molar-refractivity contribution in [2.45, 2.75) is 19.5 Å². The average molecular weight is 353 g/mol. The molecule has 1 aliphatic rings. The summed E-state index contributed by atoms with van der Waals surface area (Å²) < 4.78 is 0. The summed E-state index contributed by atoms with van der Waals surface area (Å²) >= 11 is 5.93. The van der Waals surface area contributed by atoms with Gasteiger partial charge < -0.3 is 4.98 Å². The first-order valence-electron chi connectivity index (χ1n) is 8.19. The standard InChI is InChI=1S/C19H17ClN4O/c20-14-6-4-13(5-7-14)18-22-17-8-10-24(12-16(17)19(25)23-18)11-15-3-1-2-9-21-15/h1-7,9H,8,10-12H2,(H,22,23,25). The third-order valence-corrected chi connectivity index (χ3v) is 4.63. The summed E-state index contributed by atoms with van der Waals surface area (Å²) in [6.07, 6.45) is 2.55. The van der Waals surface area contributed by atoms with E-state index in [0.29, 0.717) is 17.4 Å². The molecule has 5 nitrogen and oxygen atoms in total. The predicted molar refractivity (Wildman–Crippen MR) is 97.4 cm³/mol. The van der Waals surface area contributed by atoms with Crippen LogP contribution in [0, 0.1) is 0 Å². The van der Waals surface area contributed by atoms with Crippen LogP contribution in [0.3, 0.4) is 0 Å². The predicted octanol–water partition coefficient (Wildman–Crippen LogP) is 3.04. The third-order valence-electron chi connectivity index (χ3n) is 4.38. The van der Waals surface area contributed by atoms with Gasteiger partial charge in [-0.05, 0) is 36.4 Å². The van der Waals surface area contributed by atoms with Gasteiger partial charge in [-0.2, -0.15) is 0 Å². The second-order valence-corrected chi connectivity index (χ2v) is 6.56. The number of aromatic nitrogens is 3. The van der Waals surface area contributed by atoms with Crippen molar-refractivity contribution in [1.82, 2.24) is 19.9 Å². The maximum atomic E-state index is 12.6. The first-order valence-corrected chi connectivity index (χ1v) is 8.57. The molecule has 0 saturated heterocycles. The molecule has 2 aromatic heterocycles. The van der Waals surface area contributed by atoms with Gasteiger partial charge in [0.25, 0.3) is 5.56 Å². The molecule has 0 unspecified atom stereocenters. The SMILES string of the molecule is O=c1[nH]c(-c2ccc(Cl)cc2)nc2c1CN(Cc1ccccn1)CC2. The zero-order valence-corrected chi connectivity index (χ0v) is 14.3. The Balaban J connectivity index is 1.59. The Kier molecular flexibility index (Phi) is 4.34. The molecule has 0 amide bonds. The van der Waals surface area contributed by atoms with Crippen molar-refractivity contribution in [2.24, 2.45) is 0 Å². The second kappa shape index (κ2) is 6.78. The number of rotatable bonds is 3. The molecule has 0 atom stereocenters. The van der Waals surface area contributed by atoms with Crippen molar-refractivity contribution in [3.05, 3.63) is 81.0 Å². The molecular weight excluding hydrogens is 336 g/mol. The average Bonchev–Trinajstić information content (AvgIpc) is 2.63. The van der Waals surface area contributed by atoms with Crippen LogP contribution in [0.25, 0.3) is 11.4 Å². The van der Waals surface area contributed by atoms with Crippen LogP contribution in [0.15, 0.2) is 53.5 Å². The Bertz CT molecular complexity index is 938. The van der Waals surface area contributed by atoms with Crippen LogP contribution in [0.2, 0.25) is 5.02 Å². The van der Waals surface area contributed by atoms with Gasteiger partial charge in [-0.3, -0.25) is 14.7 Å². The highest BCUT2D eigenvalue weighted by Crippen LogP contribution is 2.21. The van der Waals surface area contributed by atoms with E-state index in [1.807, 2.05) is 30.3 Å². The number of hydrogen-bond acceptors (Lipinski definition) is 4. The number of aromatic amines is 1. The summed E-state index contributed by atoms with van der Waals surface area (Å²) in [5.41, 5.74) is 3.43. The van der Waals surface area contributed by atoms with Gasteiger partial charge in [0.05, 0.1) is 17.0 Å². The van der Waals surface area contributed by atoms with E-state index in [0.717, 1.165) is 42.0 Å². The van der Waals surface area contributed by atoms with E-state index < -0.39 is 0 Å². The van der Waals surface area contributed by atoms with Gasteiger partial charge in [0.1, 0.15) is 5.82 Å². The molecule has 0 fully saturated rings. The number of benzene rings is 1. The lowest BCUT2D eigenvalue weighted by Gasteiger charge is -2.27. The van der Waals surface area contributed by atoms with Crippen molar-refractivity contribution >= 4 is 11.6 Å². The minimum absolute atomic E-state index is 0.0688. The van der Waals surface area contributed by atoms with Crippen LogP contribution in [-0.4, -0.2) is 26.4 Å². The van der Waals surface area contributed by atoms with Crippen LogP contribution >= 0.6 is 11.6 Å². The molecule has 6 heteroatoms. The largest absolute Gasteiger partial charge is 0.306 e. The Morgan fingerprint density at radius 3 is 2.76 bits per heavy atom. The first-order chi connectivity index (χ1) is 12.2. The molecule has 0 saturated carbocycles. The number of pyridine rings is 1. The summed E-state index contributed by atoms with van der Waals surface area (Å²) in [5, 5.41) is 0.661. The zero-order valence-electron chi connectivity index (χ0n) is 13.6. The Labute approximate surface area is 150 Å². The Hall–Kier alpha value is -2.50. The van der Waals surface area contributed by atoms with Crippen molar-refractivity contribution in [3.8, 4) is 11.4 Å². The molecule has 0 radical (unpaired) electrons. The summed E-state index contributed by atoms with van der Waals surface area (Å²) in [4.78, 5) is 26.7. The lowest BCUT2D eigenvalue weighted by atomic mass is 10.1. The van der Waals surface area contributed by atoms with Gasteiger partial charge in [0, 0.05) is 42.8 Å². The molecule has 0 aliphatic carbocycles. The van der Waals surface area contributed by atoms with Crippen molar-refractivity contribution in [3.63, 3.8) is 0 Å². The van der Waals surface area contributed by atoms with Crippen LogP contribution < -0.4 is 5.56 Å². The van der Waals surface area contributed by atoms with Gasteiger partial charge in [0.2, 0.25) is 0 Å². The van der Waals surface area contributed by atoms with Crippen LogP contribution in [0.5, 0.6) is 0 Å². The lowest BCUT2D eigenvalue weighted by Crippen LogP contribution is -2.35. The van der Waals surface area contributed by atoms with E-state index in [4.69, 9.17) is 11.6 Å². The van der Waals surface area contributed by atoms with E-state index in [-0.39, 0.29) is 5.56 Å². The number of nitrogens with one attached hydrogen (secondary N) is 1. The number of H-pyrrole nitrogens is 1. The Morgan fingerprint density at radius 2 is 2.00 bits per heavy atom. The molecule has 126 valence electrons. The molecule has 1 N–H and O–H groups in total. The molecule has 4 rings (SSSR count). The summed E-state index contributed by atoms with van der Waals surface area (Å²) in [6.45, 7) is 2.19. The van der Waals surface area contributed by atoms with Crippen LogP contribution in [-0.2, 0) is 19.5 Å². The minimum Gasteiger partial charge on any atom is -0.306 e. The number of nitrogens with zero attached hydrogens (tertiary/aromatic N) is 3. The fourth-order valence-corrected chi connectivity index (χ4v) is 3.21. The molecule has 1 aliphatic heterocycles. The maximum absolute atomic E-state index is 12.6. The normalized spacial score (nSPS) is 14.3. The van der Waals surface area contributed by atoms with Crippen LogP contribution in [0.1, 0.15) is 17.0 Å². The summed E-state index contributed by atoms with van der Waals surface area (Å²) in [6, 6.07) is 13.2. The van der Waals surface area contributed by atoms with Gasteiger partial charge in [0.15, 0.2) is 0 Å². The van der Waals surface area contributed by atoms with Crippen LogP contribution in [0.4, 0.5) is 0 Å². The first kappa shape index (κ1) is 16.0. The molecule has 3 heterocycles. The van der Waals surface area contributed by atoms with Crippen molar-refractivity contribution < 1.29 is 0 Å². The molecular formula is C19H17ClN4O. The quantitative estimate of drug-likeness (QED) is 0.787. The highest BCUT2D eigenvalue weighted by molar-refractivity contribution is 6.30. The molecule has 3 aromatic rings. The second-order valence-electron chi connectivity index (χ2n) is 6.13. The number of halogens is 1. The van der Waals surface area contributed by atoms with E-state index in [1.54, 1.807) is 18.3 Å². The molecule has 0 spiro atoms. The zero-order chi connectivity index (χ0) is 17.2. The lowest BCUT2D eigenvalue weighted by molar-refractivity contribution is 0.239. The van der Waals surface area contributed by atoms with Crippen molar-refractivity contribution in [1.29, 1.82) is 0 Å². The van der Waals surface area contributed by atoms with Gasteiger partial charge in [-0.25, -0.2) is 4.98 Å². The highest BCUT2D eigenvalue weighted by Gasteiger charge is 2.21. The maximum Gasteiger partial charge on any atom is 0.255 e. The number of hydrogen-bond donors (Lipinski definition) is 1. The monoisotopic (exact) mass is 352 g/mol. The summed E-state index contributed by atoms with van der Waals surface area (Å²) in [7, 11) is 0. The van der Waals surface area contributed by atoms with E-state index in [9.17, 15) is 4.79 Å². The molecule has 25 heavy (non-hydrogen) atoms. The van der Waals surface area contributed by atoms with Gasteiger partial charge in [-0.1, -0.05) is 17.7 Å².